The summed E-state index contributed by atoms with van der Waals surface area (Å²) < 4.78 is 69.4. The number of piperidine rings is 1. The molecule has 0 saturated carbocycles. The zero-order chi connectivity index (χ0) is 26.6. The number of halogens is 2. The summed E-state index contributed by atoms with van der Waals surface area (Å²) in [5.74, 6) is -0.376. The van der Waals surface area contributed by atoms with Crippen molar-refractivity contribution in [2.24, 2.45) is 0 Å². The minimum Gasteiger partial charge on any atom is -0.369 e. The Morgan fingerprint density at radius 3 is 2.11 bits per heavy atom. The lowest BCUT2D eigenvalue weighted by molar-refractivity contribution is 0.355. The van der Waals surface area contributed by atoms with E-state index in [2.05, 4.69) is 0 Å². The Morgan fingerprint density at radius 1 is 0.865 bits per heavy atom. The van der Waals surface area contributed by atoms with E-state index in [0.717, 1.165) is 9.87 Å². The number of fused-ring (bicyclic) bond motifs is 2. The van der Waals surface area contributed by atoms with Gasteiger partial charge in [0.05, 0.1) is 21.2 Å². The van der Waals surface area contributed by atoms with Crippen molar-refractivity contribution in [2.45, 2.75) is 28.0 Å². The van der Waals surface area contributed by atoms with Crippen LogP contribution in [0.15, 0.2) is 76.5 Å². The largest absolute Gasteiger partial charge is 0.369 e. The molecule has 3 aromatic rings. The van der Waals surface area contributed by atoms with Gasteiger partial charge in [0.15, 0.2) is 0 Å². The molecule has 2 aliphatic heterocycles. The molecule has 0 N–H and O–H groups in total. The standard InChI is InChI=1S/C26H27ClFN3O4S2/c1-29(2)36(32,33)20-8-10-21(11-9-20)37(34,35)31-18-26(22-5-3-4-6-24(22)31)13-15-30(16-14-26)25-12-7-19(27)17-23(25)28/h3-12,17H,13-16,18H2,1-2H3. The normalized spacial score (nSPS) is 17.4. The molecule has 0 amide bonds. The quantitative estimate of drug-likeness (QED) is 0.457. The van der Waals surface area contributed by atoms with Crippen LogP contribution >= 0.6 is 11.6 Å². The Balaban J connectivity index is 1.44. The minimum absolute atomic E-state index is 0.0246. The van der Waals surface area contributed by atoms with Gasteiger partial charge in [-0.2, -0.15) is 0 Å². The molecule has 1 saturated heterocycles. The van der Waals surface area contributed by atoms with Gasteiger partial charge < -0.3 is 4.90 Å². The molecule has 37 heavy (non-hydrogen) atoms. The number of hydrogen-bond donors (Lipinski definition) is 0. The lowest BCUT2D eigenvalue weighted by Crippen LogP contribution is -2.46. The second-order valence-corrected chi connectivity index (χ2v) is 14.1. The SMILES string of the molecule is CN(C)S(=O)(=O)c1ccc(S(=O)(=O)N2CC3(CCN(c4ccc(Cl)cc4F)CC3)c3ccccc32)cc1. The van der Waals surface area contributed by atoms with E-state index in [-0.39, 0.29) is 22.2 Å². The lowest BCUT2D eigenvalue weighted by Gasteiger charge is -2.41. The van der Waals surface area contributed by atoms with Crippen LogP contribution < -0.4 is 9.21 Å². The molecule has 196 valence electrons. The van der Waals surface area contributed by atoms with E-state index in [0.29, 0.717) is 42.3 Å². The van der Waals surface area contributed by atoms with Gasteiger partial charge in [0.25, 0.3) is 10.0 Å². The van der Waals surface area contributed by atoms with Crippen molar-refractivity contribution < 1.29 is 21.2 Å². The maximum atomic E-state index is 14.5. The van der Waals surface area contributed by atoms with Crippen LogP contribution in [0.3, 0.4) is 0 Å². The smallest absolute Gasteiger partial charge is 0.264 e. The first-order valence-corrected chi connectivity index (χ1v) is 15.1. The average molecular weight is 564 g/mol. The van der Waals surface area contributed by atoms with E-state index >= 15 is 0 Å². The van der Waals surface area contributed by atoms with Crippen molar-refractivity contribution in [1.82, 2.24) is 4.31 Å². The average Bonchev–Trinajstić information content (AvgIpc) is 3.20. The van der Waals surface area contributed by atoms with Crippen LogP contribution in [0.25, 0.3) is 0 Å². The summed E-state index contributed by atoms with van der Waals surface area (Å²) in [7, 11) is -4.78. The Labute approximate surface area is 222 Å². The Kier molecular flexibility index (Phi) is 6.50. The Hall–Kier alpha value is -2.66. The van der Waals surface area contributed by atoms with E-state index in [1.165, 1.54) is 48.7 Å². The number of sulfonamides is 2. The molecule has 5 rings (SSSR count). The highest BCUT2D eigenvalue weighted by Crippen LogP contribution is 2.49. The molecule has 2 heterocycles. The summed E-state index contributed by atoms with van der Waals surface area (Å²) in [6.07, 6.45) is 1.30. The molecule has 7 nitrogen and oxygen atoms in total. The molecule has 1 spiro atoms. The van der Waals surface area contributed by atoms with E-state index in [1.54, 1.807) is 18.2 Å². The van der Waals surface area contributed by atoms with E-state index in [9.17, 15) is 21.2 Å². The fraction of sp³-hybridized carbons (Fsp3) is 0.308. The third-order valence-electron chi connectivity index (χ3n) is 7.35. The van der Waals surface area contributed by atoms with Gasteiger partial charge in [-0.05, 0) is 66.9 Å². The van der Waals surface area contributed by atoms with E-state index in [4.69, 9.17) is 11.6 Å². The molecule has 0 bridgehead atoms. The molecular formula is C26H27ClFN3O4S2. The van der Waals surface area contributed by atoms with Crippen LogP contribution in [-0.2, 0) is 25.5 Å². The predicted octanol–water partition coefficient (Wildman–Crippen LogP) is 4.48. The maximum absolute atomic E-state index is 14.5. The molecule has 0 unspecified atom stereocenters. The first-order chi connectivity index (χ1) is 17.5. The van der Waals surface area contributed by atoms with Crippen LogP contribution in [0.4, 0.5) is 15.8 Å². The van der Waals surface area contributed by atoms with E-state index < -0.39 is 25.5 Å². The van der Waals surface area contributed by atoms with Gasteiger partial charge in [-0.3, -0.25) is 4.31 Å². The highest BCUT2D eigenvalue weighted by atomic mass is 35.5. The van der Waals surface area contributed by atoms with Crippen molar-refractivity contribution in [2.75, 3.05) is 42.9 Å². The van der Waals surface area contributed by atoms with Crippen molar-refractivity contribution in [3.63, 3.8) is 0 Å². The maximum Gasteiger partial charge on any atom is 0.264 e. The monoisotopic (exact) mass is 563 g/mol. The second kappa shape index (κ2) is 9.27. The minimum atomic E-state index is -3.95. The molecule has 2 aliphatic rings. The van der Waals surface area contributed by atoms with Gasteiger partial charge in [-0.1, -0.05) is 29.8 Å². The van der Waals surface area contributed by atoms with Gasteiger partial charge >= 0.3 is 0 Å². The molecule has 1 fully saturated rings. The number of para-hydroxylation sites is 1. The number of nitrogens with zero attached hydrogens (tertiary/aromatic N) is 3. The molecule has 0 aromatic heterocycles. The first kappa shape index (κ1) is 26.0. The zero-order valence-electron chi connectivity index (χ0n) is 20.4. The van der Waals surface area contributed by atoms with Crippen molar-refractivity contribution in [1.29, 1.82) is 0 Å². The predicted molar refractivity (Wildman–Crippen MR) is 143 cm³/mol. The number of benzene rings is 3. The van der Waals surface area contributed by atoms with Crippen LogP contribution in [0, 0.1) is 5.82 Å². The van der Waals surface area contributed by atoms with Crippen LogP contribution in [-0.4, -0.2) is 54.9 Å². The summed E-state index contributed by atoms with van der Waals surface area (Å²) in [5.41, 5.74) is 1.67. The lowest BCUT2D eigenvalue weighted by atomic mass is 9.74. The Morgan fingerprint density at radius 2 is 1.49 bits per heavy atom. The summed E-state index contributed by atoms with van der Waals surface area (Å²) in [6, 6.07) is 17.4. The van der Waals surface area contributed by atoms with Crippen molar-refractivity contribution >= 4 is 43.0 Å². The summed E-state index contributed by atoms with van der Waals surface area (Å²) >= 11 is 5.91. The first-order valence-electron chi connectivity index (χ1n) is 11.8. The van der Waals surface area contributed by atoms with E-state index in [1.807, 2.05) is 23.1 Å². The van der Waals surface area contributed by atoms with Gasteiger partial charge in [-0.25, -0.2) is 25.5 Å². The van der Waals surface area contributed by atoms with Crippen LogP contribution in [0.1, 0.15) is 18.4 Å². The number of hydrogen-bond acceptors (Lipinski definition) is 5. The second-order valence-electron chi connectivity index (χ2n) is 9.65. The third-order valence-corrected chi connectivity index (χ3v) is 11.2. The summed E-state index contributed by atoms with van der Waals surface area (Å²) in [5, 5.41) is 0.340. The van der Waals surface area contributed by atoms with Crippen LogP contribution in [0.5, 0.6) is 0 Å². The molecule has 11 heteroatoms. The molecular weight excluding hydrogens is 537 g/mol. The fourth-order valence-electron chi connectivity index (χ4n) is 5.26. The van der Waals surface area contributed by atoms with Gasteiger partial charge in [0.2, 0.25) is 10.0 Å². The van der Waals surface area contributed by atoms with Gasteiger partial charge in [0.1, 0.15) is 5.82 Å². The molecule has 3 aromatic carbocycles. The highest BCUT2D eigenvalue weighted by Gasteiger charge is 2.48. The molecule has 0 radical (unpaired) electrons. The topological polar surface area (TPSA) is 78.0 Å². The number of anilines is 2. The fourth-order valence-corrected chi connectivity index (χ4v) is 7.89. The summed E-state index contributed by atoms with van der Waals surface area (Å²) in [6.45, 7) is 1.40. The van der Waals surface area contributed by atoms with Gasteiger partial charge in [0, 0.05) is 44.2 Å². The third kappa shape index (κ3) is 4.39. The zero-order valence-corrected chi connectivity index (χ0v) is 22.8. The molecule has 0 aliphatic carbocycles. The Bertz CT molecular complexity index is 1550. The van der Waals surface area contributed by atoms with Crippen molar-refractivity contribution in [3.05, 3.63) is 83.1 Å². The van der Waals surface area contributed by atoms with Gasteiger partial charge in [-0.15, -0.1) is 0 Å². The number of rotatable bonds is 5. The highest BCUT2D eigenvalue weighted by molar-refractivity contribution is 7.93. The molecule has 0 atom stereocenters. The van der Waals surface area contributed by atoms with Crippen LogP contribution in [0.2, 0.25) is 5.02 Å². The summed E-state index contributed by atoms with van der Waals surface area (Å²) in [4.78, 5) is 2.02. The van der Waals surface area contributed by atoms with Crippen molar-refractivity contribution in [3.8, 4) is 0 Å².